The lowest BCUT2D eigenvalue weighted by atomic mass is 10.1. The largest absolute Gasteiger partial charge is 0.378 e. The van der Waals surface area contributed by atoms with Gasteiger partial charge >= 0.3 is 0 Å². The highest BCUT2D eigenvalue weighted by Gasteiger charge is 2.20. The van der Waals surface area contributed by atoms with Crippen molar-refractivity contribution >= 4 is 10.9 Å². The van der Waals surface area contributed by atoms with E-state index in [9.17, 15) is 0 Å². The number of para-hydroxylation sites is 1. The van der Waals surface area contributed by atoms with Crippen molar-refractivity contribution in [2.24, 2.45) is 0 Å². The Bertz CT molecular complexity index is 852. The van der Waals surface area contributed by atoms with Crippen molar-refractivity contribution in [3.05, 3.63) is 47.7 Å². The number of piperidine rings is 1. The maximum Gasteiger partial charge on any atom is 0.252 e. The summed E-state index contributed by atoms with van der Waals surface area (Å²) in [6.45, 7) is 4.08. The first kappa shape index (κ1) is 18.2. The maximum absolute atomic E-state index is 6.02. The molecule has 0 unspecified atom stereocenters. The zero-order valence-electron chi connectivity index (χ0n) is 15.7. The highest BCUT2D eigenvalue weighted by Crippen LogP contribution is 2.22. The van der Waals surface area contributed by atoms with Gasteiger partial charge in [0, 0.05) is 50.3 Å². The molecule has 0 spiro atoms. The summed E-state index contributed by atoms with van der Waals surface area (Å²) in [5, 5.41) is 5.26. The van der Waals surface area contributed by atoms with Crippen molar-refractivity contribution in [1.29, 1.82) is 0 Å². The molecule has 0 bridgehead atoms. The molecule has 27 heavy (non-hydrogen) atoms. The molecular weight excluding hydrogens is 344 g/mol. The van der Waals surface area contributed by atoms with Gasteiger partial charge in [0.1, 0.15) is 6.61 Å². The molecule has 1 aliphatic rings. The predicted octanol–water partition coefficient (Wildman–Crippen LogP) is 2.92. The monoisotopic (exact) mass is 370 g/mol. The molecule has 1 N–H and O–H groups in total. The van der Waals surface area contributed by atoms with Crippen LogP contribution >= 0.6 is 0 Å². The van der Waals surface area contributed by atoms with Crippen LogP contribution in [-0.4, -0.2) is 52.9 Å². The minimum atomic E-state index is 0.314. The van der Waals surface area contributed by atoms with Crippen LogP contribution in [0.2, 0.25) is 0 Å². The second kappa shape index (κ2) is 8.65. The zero-order valence-corrected chi connectivity index (χ0v) is 15.7. The van der Waals surface area contributed by atoms with Crippen LogP contribution in [0.4, 0.5) is 0 Å². The maximum atomic E-state index is 6.02. The van der Waals surface area contributed by atoms with Crippen molar-refractivity contribution < 1.29 is 14.0 Å². The molecule has 144 valence electrons. The summed E-state index contributed by atoms with van der Waals surface area (Å²) in [6, 6.07) is 8.48. The summed E-state index contributed by atoms with van der Waals surface area (Å²) in [5.74, 6) is 1.19. The third-order valence-corrected chi connectivity index (χ3v) is 5.06. The van der Waals surface area contributed by atoms with Crippen molar-refractivity contribution in [3.8, 4) is 0 Å². The number of fused-ring (bicyclic) bond motifs is 1. The van der Waals surface area contributed by atoms with E-state index in [1.807, 2.05) is 0 Å². The Kier molecular flexibility index (Phi) is 5.81. The van der Waals surface area contributed by atoms with Crippen LogP contribution in [-0.2, 0) is 29.0 Å². The molecule has 0 amide bonds. The lowest BCUT2D eigenvalue weighted by molar-refractivity contribution is 0.00684. The Morgan fingerprint density at radius 3 is 2.96 bits per heavy atom. The first-order valence-corrected chi connectivity index (χ1v) is 9.51. The fourth-order valence-electron chi connectivity index (χ4n) is 3.63. The Hall–Kier alpha value is -2.22. The normalized spacial score (nSPS) is 16.3. The van der Waals surface area contributed by atoms with E-state index in [-0.39, 0.29) is 0 Å². The van der Waals surface area contributed by atoms with Gasteiger partial charge in [-0.05, 0) is 24.5 Å². The lowest BCUT2D eigenvalue weighted by Gasteiger charge is -2.31. The van der Waals surface area contributed by atoms with Crippen LogP contribution in [0, 0.1) is 0 Å². The average molecular weight is 370 g/mol. The van der Waals surface area contributed by atoms with Crippen molar-refractivity contribution in [3.63, 3.8) is 0 Å². The number of aromatic nitrogens is 3. The van der Waals surface area contributed by atoms with Crippen LogP contribution in [0.3, 0.4) is 0 Å². The van der Waals surface area contributed by atoms with E-state index in [1.54, 1.807) is 7.11 Å². The van der Waals surface area contributed by atoms with Crippen LogP contribution in [0.25, 0.3) is 10.9 Å². The second-order valence-corrected chi connectivity index (χ2v) is 6.99. The molecule has 4 rings (SSSR count). The molecule has 2 aromatic heterocycles. The quantitative estimate of drug-likeness (QED) is 0.657. The topological polar surface area (TPSA) is 76.4 Å². The number of aromatic amines is 1. The molecule has 1 aliphatic heterocycles. The summed E-state index contributed by atoms with van der Waals surface area (Å²) in [6.07, 6.45) is 5.24. The summed E-state index contributed by atoms with van der Waals surface area (Å²) < 4.78 is 16.1. The Balaban J connectivity index is 1.20. The van der Waals surface area contributed by atoms with Crippen LogP contribution in [0.1, 0.15) is 30.1 Å². The third kappa shape index (κ3) is 4.55. The van der Waals surface area contributed by atoms with Gasteiger partial charge in [-0.3, -0.25) is 4.90 Å². The Labute approximate surface area is 158 Å². The van der Waals surface area contributed by atoms with Gasteiger partial charge in [0.2, 0.25) is 0 Å². The van der Waals surface area contributed by atoms with Crippen LogP contribution in [0.15, 0.2) is 35.0 Å². The van der Waals surface area contributed by atoms with Gasteiger partial charge in [-0.1, -0.05) is 23.4 Å². The number of nitrogens with zero attached hydrogens (tertiary/aromatic N) is 3. The van der Waals surface area contributed by atoms with E-state index in [4.69, 9.17) is 14.0 Å². The molecular formula is C20H26N4O3. The van der Waals surface area contributed by atoms with Gasteiger partial charge in [-0.15, -0.1) is 0 Å². The number of rotatable bonds is 8. The van der Waals surface area contributed by atoms with Gasteiger partial charge in [-0.2, -0.15) is 4.98 Å². The molecule has 3 heterocycles. The van der Waals surface area contributed by atoms with E-state index in [2.05, 4.69) is 50.5 Å². The fraction of sp³-hybridized carbons (Fsp3) is 0.500. The number of likely N-dealkylation sites (tertiary alicyclic amines) is 1. The molecule has 0 radical (unpaired) electrons. The minimum absolute atomic E-state index is 0.314. The Morgan fingerprint density at radius 1 is 1.26 bits per heavy atom. The van der Waals surface area contributed by atoms with E-state index >= 15 is 0 Å². The summed E-state index contributed by atoms with van der Waals surface area (Å²) >= 11 is 0. The van der Waals surface area contributed by atoms with Crippen LogP contribution in [0.5, 0.6) is 0 Å². The van der Waals surface area contributed by atoms with Crippen molar-refractivity contribution in [1.82, 2.24) is 20.0 Å². The van der Waals surface area contributed by atoms with Gasteiger partial charge in [0.05, 0.1) is 12.7 Å². The summed E-state index contributed by atoms with van der Waals surface area (Å²) in [4.78, 5) is 10.1. The summed E-state index contributed by atoms with van der Waals surface area (Å²) in [5.41, 5.74) is 2.58. The Morgan fingerprint density at radius 2 is 2.11 bits per heavy atom. The second-order valence-electron chi connectivity index (χ2n) is 6.99. The molecule has 1 saturated heterocycles. The number of benzene rings is 1. The number of hydrogen-bond donors (Lipinski definition) is 1. The minimum Gasteiger partial charge on any atom is -0.378 e. The van der Waals surface area contributed by atoms with E-state index in [0.717, 1.165) is 32.5 Å². The summed E-state index contributed by atoms with van der Waals surface area (Å²) in [7, 11) is 1.61. The number of methoxy groups -OCH3 is 1. The third-order valence-electron chi connectivity index (χ3n) is 5.06. The number of hydrogen-bond acceptors (Lipinski definition) is 6. The predicted molar refractivity (Wildman–Crippen MR) is 101 cm³/mol. The molecule has 0 aliphatic carbocycles. The molecule has 0 saturated carbocycles. The number of nitrogens with one attached hydrogen (secondary N) is 1. The fourth-order valence-corrected chi connectivity index (χ4v) is 3.63. The first-order chi connectivity index (χ1) is 13.3. The zero-order chi connectivity index (χ0) is 18.5. The first-order valence-electron chi connectivity index (χ1n) is 9.51. The molecule has 7 nitrogen and oxygen atoms in total. The van der Waals surface area contributed by atoms with E-state index in [0.29, 0.717) is 37.5 Å². The van der Waals surface area contributed by atoms with Crippen LogP contribution < -0.4 is 0 Å². The molecule has 0 atom stereocenters. The SMILES string of the molecule is COCc1nc(CCOC2CCN(Cc3c[nH]c4ccccc34)CC2)no1. The standard InChI is InChI=1S/C20H26N4O3/c1-25-14-20-22-19(23-27-20)8-11-26-16-6-9-24(10-7-16)13-15-12-21-18-5-3-2-4-17(15)18/h2-5,12,16,21H,6-11,13-14H2,1H3. The highest BCUT2D eigenvalue weighted by atomic mass is 16.5. The van der Waals surface area contributed by atoms with E-state index < -0.39 is 0 Å². The molecule has 1 fully saturated rings. The molecule has 1 aromatic carbocycles. The van der Waals surface area contributed by atoms with Crippen molar-refractivity contribution in [2.75, 3.05) is 26.8 Å². The van der Waals surface area contributed by atoms with Gasteiger partial charge in [0.25, 0.3) is 5.89 Å². The van der Waals surface area contributed by atoms with E-state index in [1.165, 1.54) is 16.5 Å². The average Bonchev–Trinajstić information content (AvgIpc) is 3.31. The number of H-pyrrole nitrogens is 1. The van der Waals surface area contributed by atoms with Gasteiger partial charge in [-0.25, -0.2) is 0 Å². The van der Waals surface area contributed by atoms with Crippen molar-refractivity contribution in [2.45, 2.75) is 38.5 Å². The lowest BCUT2D eigenvalue weighted by Crippen LogP contribution is -2.36. The smallest absolute Gasteiger partial charge is 0.252 e. The molecule has 3 aromatic rings. The highest BCUT2D eigenvalue weighted by molar-refractivity contribution is 5.82. The molecule has 7 heteroatoms. The van der Waals surface area contributed by atoms with Gasteiger partial charge < -0.3 is 19.0 Å². The number of ether oxygens (including phenoxy) is 2. The van der Waals surface area contributed by atoms with Gasteiger partial charge in [0.15, 0.2) is 5.82 Å².